The van der Waals surface area contributed by atoms with Crippen molar-refractivity contribution in [3.8, 4) is 0 Å². The third kappa shape index (κ3) is 2.19. The molecule has 0 spiro atoms. The first-order chi connectivity index (χ1) is 7.72. The van der Waals surface area contributed by atoms with Gasteiger partial charge in [-0.2, -0.15) is 8.75 Å². The smallest absolute Gasteiger partial charge is 0.123 e. The average Bonchev–Trinajstić information content (AvgIpc) is 2.78. The Balaban J connectivity index is 2.44. The van der Waals surface area contributed by atoms with Crippen molar-refractivity contribution < 1.29 is 4.39 Å². The first kappa shape index (κ1) is 11.4. The van der Waals surface area contributed by atoms with Crippen LogP contribution in [0.4, 0.5) is 4.39 Å². The van der Waals surface area contributed by atoms with Crippen LogP contribution in [0.25, 0.3) is 0 Å². The predicted molar refractivity (Wildman–Crippen MR) is 60.5 cm³/mol. The van der Waals surface area contributed by atoms with E-state index in [0.29, 0.717) is 16.3 Å². The largest absolute Gasteiger partial charge is 0.271 e. The normalized spacial score (nSPS) is 12.7. The zero-order valence-corrected chi connectivity index (χ0v) is 9.60. The zero-order chi connectivity index (χ0) is 11.5. The van der Waals surface area contributed by atoms with Crippen LogP contribution in [-0.2, 0) is 0 Å². The van der Waals surface area contributed by atoms with E-state index in [1.165, 1.54) is 18.2 Å². The van der Waals surface area contributed by atoms with E-state index in [-0.39, 0.29) is 5.82 Å². The monoisotopic (exact) mass is 258 g/mol. The summed E-state index contributed by atoms with van der Waals surface area (Å²) in [5, 5.41) is 0.428. The van der Waals surface area contributed by atoms with Crippen LogP contribution in [0, 0.1) is 5.82 Å². The van der Waals surface area contributed by atoms with Crippen LogP contribution in [0.5, 0.6) is 0 Å². The maximum atomic E-state index is 13.1. The maximum Gasteiger partial charge on any atom is 0.123 e. The van der Waals surface area contributed by atoms with Crippen LogP contribution in [0.3, 0.4) is 0 Å². The second-order valence-corrected chi connectivity index (χ2v) is 4.06. The average molecular weight is 259 g/mol. The molecule has 1 atom stereocenters. The van der Waals surface area contributed by atoms with Gasteiger partial charge in [0, 0.05) is 5.02 Å². The van der Waals surface area contributed by atoms with Crippen molar-refractivity contribution >= 4 is 23.3 Å². The molecule has 0 saturated heterocycles. The molecule has 84 valence electrons. The highest BCUT2D eigenvalue weighted by Crippen LogP contribution is 2.27. The highest BCUT2D eigenvalue weighted by molar-refractivity contribution is 6.99. The zero-order valence-electron chi connectivity index (χ0n) is 8.02. The fourth-order valence-corrected chi connectivity index (χ4v) is 2.05. The molecule has 0 saturated carbocycles. The molecule has 0 aliphatic carbocycles. The Labute approximate surface area is 101 Å². The summed E-state index contributed by atoms with van der Waals surface area (Å²) in [4.78, 5) is 0. The molecular weight excluding hydrogens is 251 g/mol. The van der Waals surface area contributed by atoms with E-state index in [1.807, 2.05) is 0 Å². The summed E-state index contributed by atoms with van der Waals surface area (Å²) in [6, 6.07) is 3.64. The highest BCUT2D eigenvalue weighted by atomic mass is 35.5. The van der Waals surface area contributed by atoms with E-state index >= 15 is 0 Å². The van der Waals surface area contributed by atoms with E-state index in [9.17, 15) is 4.39 Å². The number of benzene rings is 1. The summed E-state index contributed by atoms with van der Waals surface area (Å²) >= 11 is 7.04. The first-order valence-corrected chi connectivity index (χ1v) is 5.51. The Morgan fingerprint density at radius 3 is 2.94 bits per heavy atom. The van der Waals surface area contributed by atoms with Gasteiger partial charge in [0.2, 0.25) is 0 Å². The van der Waals surface area contributed by atoms with Gasteiger partial charge in [-0.15, -0.1) is 0 Å². The molecule has 1 heterocycles. The molecule has 4 nitrogen and oxygen atoms in total. The van der Waals surface area contributed by atoms with Gasteiger partial charge in [0.25, 0.3) is 0 Å². The number of hydrogen-bond acceptors (Lipinski definition) is 5. The number of aromatic nitrogens is 2. The number of nitrogens with one attached hydrogen (secondary N) is 1. The third-order valence-electron chi connectivity index (χ3n) is 2.11. The minimum absolute atomic E-state index is 0.372. The van der Waals surface area contributed by atoms with Gasteiger partial charge in [-0.25, -0.2) is 9.82 Å². The summed E-state index contributed by atoms with van der Waals surface area (Å²) in [5.74, 6) is 5.05. The van der Waals surface area contributed by atoms with Crippen LogP contribution >= 0.6 is 23.3 Å². The lowest BCUT2D eigenvalue weighted by Gasteiger charge is -2.14. The Hall–Kier alpha value is -1.08. The molecule has 0 bridgehead atoms. The lowest BCUT2D eigenvalue weighted by atomic mass is 10.0. The summed E-state index contributed by atoms with van der Waals surface area (Å²) in [5.41, 5.74) is 3.69. The molecule has 2 rings (SSSR count). The topological polar surface area (TPSA) is 63.8 Å². The first-order valence-electron chi connectivity index (χ1n) is 4.41. The predicted octanol–water partition coefficient (Wildman–Crippen LogP) is 1.88. The van der Waals surface area contributed by atoms with Crippen molar-refractivity contribution in [2.45, 2.75) is 6.04 Å². The molecule has 1 aromatic heterocycles. The number of nitrogens with two attached hydrogens (primary N) is 1. The van der Waals surface area contributed by atoms with Crippen LogP contribution < -0.4 is 11.3 Å². The van der Waals surface area contributed by atoms with E-state index in [1.54, 1.807) is 6.20 Å². The standard InChI is InChI=1S/C9H8ClFN4S/c10-7-2-1-5(11)3-6(7)9(14-12)8-4-13-16-15-8/h1-4,9,14H,12H2. The molecule has 0 fully saturated rings. The molecule has 1 aromatic carbocycles. The van der Waals surface area contributed by atoms with Gasteiger partial charge < -0.3 is 0 Å². The van der Waals surface area contributed by atoms with Gasteiger partial charge in [0.15, 0.2) is 0 Å². The molecule has 0 aliphatic heterocycles. The Morgan fingerprint density at radius 2 is 2.31 bits per heavy atom. The lowest BCUT2D eigenvalue weighted by Crippen LogP contribution is -2.29. The van der Waals surface area contributed by atoms with Crippen molar-refractivity contribution in [1.29, 1.82) is 0 Å². The van der Waals surface area contributed by atoms with E-state index in [2.05, 4.69) is 14.2 Å². The van der Waals surface area contributed by atoms with Gasteiger partial charge in [-0.05, 0) is 23.8 Å². The summed E-state index contributed by atoms with van der Waals surface area (Å²) < 4.78 is 21.0. The summed E-state index contributed by atoms with van der Waals surface area (Å²) in [6.07, 6.45) is 1.57. The molecule has 1 unspecified atom stereocenters. The fraction of sp³-hybridized carbons (Fsp3) is 0.111. The summed E-state index contributed by atoms with van der Waals surface area (Å²) in [6.45, 7) is 0. The number of hydrogen-bond donors (Lipinski definition) is 2. The van der Waals surface area contributed by atoms with Crippen LogP contribution in [0.15, 0.2) is 24.4 Å². The van der Waals surface area contributed by atoms with Gasteiger partial charge in [-0.3, -0.25) is 5.84 Å². The molecule has 0 radical (unpaired) electrons. The SMILES string of the molecule is NNC(c1cnsn1)c1cc(F)ccc1Cl. The molecule has 0 amide bonds. The molecular formula is C9H8ClFN4S. The van der Waals surface area contributed by atoms with Crippen molar-refractivity contribution in [3.05, 3.63) is 46.5 Å². The van der Waals surface area contributed by atoms with Crippen molar-refractivity contribution in [2.75, 3.05) is 0 Å². The van der Waals surface area contributed by atoms with E-state index in [4.69, 9.17) is 17.4 Å². The Bertz CT molecular complexity index is 476. The minimum atomic E-state index is -0.457. The number of nitrogens with zero attached hydrogens (tertiary/aromatic N) is 2. The molecule has 0 aliphatic rings. The van der Waals surface area contributed by atoms with Gasteiger partial charge in [-0.1, -0.05) is 11.6 Å². The minimum Gasteiger partial charge on any atom is -0.271 e. The van der Waals surface area contributed by atoms with Crippen molar-refractivity contribution in [2.24, 2.45) is 5.84 Å². The van der Waals surface area contributed by atoms with Crippen LogP contribution in [0.1, 0.15) is 17.3 Å². The van der Waals surface area contributed by atoms with Crippen molar-refractivity contribution in [1.82, 2.24) is 14.2 Å². The third-order valence-corrected chi connectivity index (χ3v) is 2.95. The second-order valence-electron chi connectivity index (χ2n) is 3.10. The molecule has 16 heavy (non-hydrogen) atoms. The number of hydrazine groups is 1. The number of rotatable bonds is 3. The van der Waals surface area contributed by atoms with Crippen LogP contribution in [0.2, 0.25) is 5.02 Å². The molecule has 3 N–H and O–H groups in total. The highest BCUT2D eigenvalue weighted by Gasteiger charge is 2.18. The number of halogens is 2. The molecule has 7 heteroatoms. The van der Waals surface area contributed by atoms with Gasteiger partial charge >= 0.3 is 0 Å². The maximum absolute atomic E-state index is 13.1. The fourth-order valence-electron chi connectivity index (χ4n) is 1.37. The Kier molecular flexibility index (Phi) is 3.45. The quantitative estimate of drug-likeness (QED) is 0.652. The Morgan fingerprint density at radius 1 is 1.50 bits per heavy atom. The van der Waals surface area contributed by atoms with E-state index < -0.39 is 6.04 Å². The van der Waals surface area contributed by atoms with Gasteiger partial charge in [0.1, 0.15) is 5.82 Å². The lowest BCUT2D eigenvalue weighted by molar-refractivity contribution is 0.600. The van der Waals surface area contributed by atoms with Crippen LogP contribution in [-0.4, -0.2) is 8.75 Å². The second kappa shape index (κ2) is 4.84. The van der Waals surface area contributed by atoms with Gasteiger partial charge in [0.05, 0.1) is 29.7 Å². The van der Waals surface area contributed by atoms with Crippen molar-refractivity contribution in [3.63, 3.8) is 0 Å². The summed E-state index contributed by atoms with van der Waals surface area (Å²) in [7, 11) is 0. The molecule has 2 aromatic rings. The van der Waals surface area contributed by atoms with E-state index in [0.717, 1.165) is 11.7 Å².